The molecular formula is C18H22N2O3. The predicted octanol–water partition coefficient (Wildman–Crippen LogP) is 3.23. The molecule has 0 saturated carbocycles. The van der Waals surface area contributed by atoms with Gasteiger partial charge in [0.05, 0.1) is 13.0 Å². The highest BCUT2D eigenvalue weighted by molar-refractivity contribution is 5.69. The van der Waals surface area contributed by atoms with Gasteiger partial charge in [-0.25, -0.2) is 4.98 Å². The fraction of sp³-hybridized carbons (Fsp3) is 0.333. The Morgan fingerprint density at radius 1 is 1.26 bits per heavy atom. The van der Waals surface area contributed by atoms with Crippen molar-refractivity contribution in [1.82, 2.24) is 10.3 Å². The molecule has 5 nitrogen and oxygen atoms in total. The summed E-state index contributed by atoms with van der Waals surface area (Å²) < 4.78 is 10.6. The molecule has 2 rings (SSSR count). The lowest BCUT2D eigenvalue weighted by molar-refractivity contribution is -0.142. The summed E-state index contributed by atoms with van der Waals surface area (Å²) in [5, 5.41) is 3.19. The van der Waals surface area contributed by atoms with Gasteiger partial charge in [-0.05, 0) is 37.1 Å². The quantitative estimate of drug-likeness (QED) is 0.599. The van der Waals surface area contributed by atoms with Gasteiger partial charge in [-0.15, -0.1) is 0 Å². The molecule has 0 amide bonds. The lowest BCUT2D eigenvalue weighted by atomic mass is 10.2. The molecule has 0 aliphatic carbocycles. The Bertz CT molecular complexity index is 626. The summed E-state index contributed by atoms with van der Waals surface area (Å²) >= 11 is 0. The van der Waals surface area contributed by atoms with E-state index in [0.29, 0.717) is 32.0 Å². The van der Waals surface area contributed by atoms with E-state index < -0.39 is 0 Å². The molecule has 0 spiro atoms. The second kappa shape index (κ2) is 8.90. The Kier molecular flexibility index (Phi) is 6.56. The average Bonchev–Trinajstić information content (AvgIpc) is 2.53. The van der Waals surface area contributed by atoms with E-state index in [1.54, 1.807) is 13.1 Å². The van der Waals surface area contributed by atoms with Crippen LogP contribution in [-0.4, -0.2) is 24.1 Å². The van der Waals surface area contributed by atoms with Gasteiger partial charge in [0, 0.05) is 25.4 Å². The van der Waals surface area contributed by atoms with Gasteiger partial charge in [-0.2, -0.15) is 0 Å². The highest BCUT2D eigenvalue weighted by Crippen LogP contribution is 2.20. The van der Waals surface area contributed by atoms with Crippen LogP contribution >= 0.6 is 0 Å². The minimum atomic E-state index is -0.181. The molecular weight excluding hydrogens is 292 g/mol. The molecule has 23 heavy (non-hydrogen) atoms. The number of carbonyl (C=O) groups is 1. The van der Waals surface area contributed by atoms with E-state index in [9.17, 15) is 4.79 Å². The van der Waals surface area contributed by atoms with Crippen molar-refractivity contribution < 1.29 is 14.3 Å². The third-order valence-electron chi connectivity index (χ3n) is 3.15. The van der Waals surface area contributed by atoms with Crippen LogP contribution in [0, 0.1) is 6.92 Å². The van der Waals surface area contributed by atoms with Gasteiger partial charge in [0.1, 0.15) is 5.75 Å². The molecule has 0 saturated heterocycles. The molecule has 2 aromatic rings. The second-order valence-corrected chi connectivity index (χ2v) is 5.16. The van der Waals surface area contributed by atoms with E-state index in [4.69, 9.17) is 9.47 Å². The molecule has 1 aromatic carbocycles. The molecule has 5 heteroatoms. The molecule has 1 aromatic heterocycles. The van der Waals surface area contributed by atoms with E-state index >= 15 is 0 Å². The topological polar surface area (TPSA) is 60.5 Å². The van der Waals surface area contributed by atoms with Crippen molar-refractivity contribution in [2.75, 3.05) is 13.2 Å². The minimum Gasteiger partial charge on any atom is -0.466 e. The first-order valence-electron chi connectivity index (χ1n) is 7.73. The largest absolute Gasteiger partial charge is 0.466 e. The molecule has 1 heterocycles. The fourth-order valence-electron chi connectivity index (χ4n) is 2.03. The second-order valence-electron chi connectivity index (χ2n) is 5.16. The number of hydrogen-bond donors (Lipinski definition) is 1. The van der Waals surface area contributed by atoms with Crippen molar-refractivity contribution in [2.24, 2.45) is 0 Å². The molecule has 0 aliphatic rings. The van der Waals surface area contributed by atoms with E-state index in [2.05, 4.69) is 10.3 Å². The fourth-order valence-corrected chi connectivity index (χ4v) is 2.03. The molecule has 0 aliphatic heterocycles. The predicted molar refractivity (Wildman–Crippen MR) is 88.4 cm³/mol. The van der Waals surface area contributed by atoms with Crippen LogP contribution in [-0.2, 0) is 16.1 Å². The molecule has 1 N–H and O–H groups in total. The maximum atomic E-state index is 11.2. The molecule has 0 unspecified atom stereocenters. The van der Waals surface area contributed by atoms with Crippen molar-refractivity contribution >= 4 is 5.97 Å². The zero-order valence-electron chi connectivity index (χ0n) is 13.5. The van der Waals surface area contributed by atoms with Crippen LogP contribution in [0.1, 0.15) is 24.5 Å². The van der Waals surface area contributed by atoms with Gasteiger partial charge in [0.2, 0.25) is 5.88 Å². The van der Waals surface area contributed by atoms with Crippen LogP contribution in [0.3, 0.4) is 0 Å². The number of esters is 1. The standard InChI is InChI=1S/C18H22N2O3/c1-3-22-18(21)9-10-19-12-15-7-8-17(20-13-15)23-16-6-4-5-14(2)11-16/h4-8,11,13,19H,3,9-10,12H2,1-2H3. The molecule has 122 valence electrons. The number of benzene rings is 1. The summed E-state index contributed by atoms with van der Waals surface area (Å²) in [6.07, 6.45) is 2.14. The number of nitrogens with one attached hydrogen (secondary N) is 1. The van der Waals surface area contributed by atoms with Gasteiger partial charge >= 0.3 is 5.97 Å². The Labute approximate surface area is 136 Å². The highest BCUT2D eigenvalue weighted by Gasteiger charge is 2.02. The first-order chi connectivity index (χ1) is 11.2. The third kappa shape index (κ3) is 6.08. The lowest BCUT2D eigenvalue weighted by Crippen LogP contribution is -2.19. The van der Waals surface area contributed by atoms with Crippen molar-refractivity contribution in [3.05, 3.63) is 53.7 Å². The maximum absolute atomic E-state index is 11.2. The van der Waals surface area contributed by atoms with Crippen LogP contribution in [0.4, 0.5) is 0 Å². The Morgan fingerprint density at radius 2 is 2.13 bits per heavy atom. The lowest BCUT2D eigenvalue weighted by Gasteiger charge is -2.07. The van der Waals surface area contributed by atoms with Gasteiger partial charge in [0.25, 0.3) is 0 Å². The summed E-state index contributed by atoms with van der Waals surface area (Å²) in [5.74, 6) is 1.16. The summed E-state index contributed by atoms with van der Waals surface area (Å²) in [6, 6.07) is 11.6. The summed E-state index contributed by atoms with van der Waals surface area (Å²) in [4.78, 5) is 15.5. The maximum Gasteiger partial charge on any atom is 0.307 e. The van der Waals surface area contributed by atoms with Crippen LogP contribution in [0.5, 0.6) is 11.6 Å². The Balaban J connectivity index is 1.77. The highest BCUT2D eigenvalue weighted by atomic mass is 16.5. The zero-order valence-corrected chi connectivity index (χ0v) is 13.5. The van der Waals surface area contributed by atoms with Crippen LogP contribution < -0.4 is 10.1 Å². The minimum absolute atomic E-state index is 0.181. The van der Waals surface area contributed by atoms with Gasteiger partial charge in [0.15, 0.2) is 0 Å². The van der Waals surface area contributed by atoms with Crippen molar-refractivity contribution in [1.29, 1.82) is 0 Å². The number of aryl methyl sites for hydroxylation is 1. The van der Waals surface area contributed by atoms with Crippen LogP contribution in [0.25, 0.3) is 0 Å². The van der Waals surface area contributed by atoms with Gasteiger partial charge < -0.3 is 14.8 Å². The summed E-state index contributed by atoms with van der Waals surface area (Å²) in [6.45, 7) is 5.48. The third-order valence-corrected chi connectivity index (χ3v) is 3.15. The first kappa shape index (κ1) is 17.0. The summed E-state index contributed by atoms with van der Waals surface area (Å²) in [7, 11) is 0. The van der Waals surface area contributed by atoms with Crippen LogP contribution in [0.15, 0.2) is 42.6 Å². The smallest absolute Gasteiger partial charge is 0.307 e. The monoisotopic (exact) mass is 314 g/mol. The number of aromatic nitrogens is 1. The number of carbonyl (C=O) groups excluding carboxylic acids is 1. The molecule has 0 radical (unpaired) electrons. The average molecular weight is 314 g/mol. The zero-order chi connectivity index (χ0) is 16.5. The van der Waals surface area contributed by atoms with E-state index in [-0.39, 0.29) is 5.97 Å². The Hall–Kier alpha value is -2.40. The molecule has 0 bridgehead atoms. The van der Waals surface area contributed by atoms with E-state index in [1.165, 1.54) is 0 Å². The number of ether oxygens (including phenoxy) is 2. The summed E-state index contributed by atoms with van der Waals surface area (Å²) in [5.41, 5.74) is 2.18. The Morgan fingerprint density at radius 3 is 2.83 bits per heavy atom. The normalized spacial score (nSPS) is 10.3. The van der Waals surface area contributed by atoms with E-state index in [0.717, 1.165) is 16.9 Å². The van der Waals surface area contributed by atoms with Crippen LogP contribution in [0.2, 0.25) is 0 Å². The first-order valence-corrected chi connectivity index (χ1v) is 7.73. The number of hydrogen-bond acceptors (Lipinski definition) is 5. The van der Waals surface area contributed by atoms with Gasteiger partial charge in [-0.3, -0.25) is 4.79 Å². The van der Waals surface area contributed by atoms with E-state index in [1.807, 2.05) is 43.3 Å². The SMILES string of the molecule is CCOC(=O)CCNCc1ccc(Oc2cccc(C)c2)nc1. The van der Waals surface area contributed by atoms with Crippen molar-refractivity contribution in [3.63, 3.8) is 0 Å². The number of nitrogens with zero attached hydrogens (tertiary/aromatic N) is 1. The number of pyridine rings is 1. The molecule has 0 fully saturated rings. The molecule has 0 atom stereocenters. The van der Waals surface area contributed by atoms with Gasteiger partial charge in [-0.1, -0.05) is 18.2 Å². The van der Waals surface area contributed by atoms with Crippen molar-refractivity contribution in [3.8, 4) is 11.6 Å². The number of rotatable bonds is 8. The van der Waals surface area contributed by atoms with Crippen molar-refractivity contribution in [2.45, 2.75) is 26.8 Å².